The maximum atomic E-state index is 12.6. The molecule has 2 aromatic carbocycles. The Morgan fingerprint density at radius 3 is 2.37 bits per heavy atom. The molecule has 6 heteroatoms. The van der Waals surface area contributed by atoms with Crippen LogP contribution in [0.5, 0.6) is 0 Å². The van der Waals surface area contributed by atoms with E-state index < -0.39 is 5.41 Å². The van der Waals surface area contributed by atoms with E-state index >= 15 is 0 Å². The number of rotatable bonds is 8. The molecule has 0 radical (unpaired) electrons. The van der Waals surface area contributed by atoms with E-state index in [0.29, 0.717) is 25.0 Å². The fourth-order valence-corrected chi connectivity index (χ4v) is 5.33. The van der Waals surface area contributed by atoms with Gasteiger partial charge in [-0.1, -0.05) is 49.7 Å². The molecule has 0 saturated heterocycles. The summed E-state index contributed by atoms with van der Waals surface area (Å²) in [7, 11) is 0. The lowest BCUT2D eigenvalue weighted by molar-refractivity contribution is -0.137. The number of aromatic nitrogens is 4. The van der Waals surface area contributed by atoms with E-state index in [1.54, 1.807) is 20.2 Å². The number of unbranched alkanes of at least 4 members (excludes halogenated alkanes) is 1. The molecular weight excluding hydrogens is 436 g/mol. The fraction of sp³-hybridized carbons (Fsp3) is 0.345. The Hall–Kier alpha value is -3.67. The zero-order chi connectivity index (χ0) is 24.6. The molecule has 0 N–H and O–H groups in total. The lowest BCUT2D eigenvalue weighted by Gasteiger charge is -2.21. The molecule has 6 nitrogen and oxygen atoms in total. The van der Waals surface area contributed by atoms with E-state index in [0.717, 1.165) is 47.2 Å². The van der Waals surface area contributed by atoms with Crippen LogP contribution in [-0.4, -0.2) is 31.1 Å². The average Bonchev–Trinajstić information content (AvgIpc) is 3.45. The first-order valence-corrected chi connectivity index (χ1v) is 12.3. The predicted molar refractivity (Wildman–Crippen MR) is 136 cm³/mol. The number of ketones is 2. The largest absolute Gasteiger partial charge is 0.323 e. The van der Waals surface area contributed by atoms with Gasteiger partial charge < -0.3 is 4.57 Å². The van der Waals surface area contributed by atoms with Crippen LogP contribution in [0.1, 0.15) is 55.9 Å². The molecule has 0 bridgehead atoms. The van der Waals surface area contributed by atoms with Crippen molar-refractivity contribution in [1.29, 1.82) is 0 Å². The summed E-state index contributed by atoms with van der Waals surface area (Å²) in [6.07, 6.45) is 7.36. The van der Waals surface area contributed by atoms with Gasteiger partial charge >= 0.3 is 0 Å². The van der Waals surface area contributed by atoms with Crippen molar-refractivity contribution in [3.63, 3.8) is 0 Å². The summed E-state index contributed by atoms with van der Waals surface area (Å²) in [5, 5.41) is 0. The van der Waals surface area contributed by atoms with Crippen molar-refractivity contribution in [2.75, 3.05) is 0 Å². The Labute approximate surface area is 205 Å². The normalized spacial score (nSPS) is 14.3. The molecule has 0 saturated carbocycles. The summed E-state index contributed by atoms with van der Waals surface area (Å²) < 4.78 is 2.10. The van der Waals surface area contributed by atoms with Gasteiger partial charge in [0, 0.05) is 12.1 Å². The zero-order valence-electron chi connectivity index (χ0n) is 20.5. The van der Waals surface area contributed by atoms with E-state index in [9.17, 15) is 9.59 Å². The van der Waals surface area contributed by atoms with Gasteiger partial charge in [0.1, 0.15) is 23.4 Å². The number of imidazole rings is 1. The van der Waals surface area contributed by atoms with Crippen molar-refractivity contribution in [1.82, 2.24) is 19.5 Å². The summed E-state index contributed by atoms with van der Waals surface area (Å²) in [5.41, 5.74) is 7.04. The highest BCUT2D eigenvalue weighted by molar-refractivity contribution is 6.06. The summed E-state index contributed by atoms with van der Waals surface area (Å²) in [6, 6.07) is 14.6. The standard InChI is InChI=1S/C29H30N4O2/c1-4-5-11-22-12-23-14-29(19(2)34,20(3)35)15-24(23)13-25(22)26-27-28(31-17-30-26)32-18-33(27)16-21-9-7-6-8-10-21/h6-10,12-13,17-18H,4-5,11,14-16H2,1-3H3. The van der Waals surface area contributed by atoms with E-state index in [1.165, 1.54) is 11.1 Å². The molecule has 35 heavy (non-hydrogen) atoms. The number of nitrogens with zero attached hydrogens (tertiary/aromatic N) is 4. The van der Waals surface area contributed by atoms with E-state index in [-0.39, 0.29) is 11.6 Å². The van der Waals surface area contributed by atoms with Gasteiger partial charge in [0.05, 0.1) is 17.4 Å². The van der Waals surface area contributed by atoms with Crippen LogP contribution in [-0.2, 0) is 35.4 Å². The lowest BCUT2D eigenvalue weighted by Crippen LogP contribution is -2.37. The van der Waals surface area contributed by atoms with Crippen LogP contribution in [0.3, 0.4) is 0 Å². The Morgan fingerprint density at radius 1 is 0.971 bits per heavy atom. The van der Waals surface area contributed by atoms with Gasteiger partial charge in [-0.25, -0.2) is 15.0 Å². The van der Waals surface area contributed by atoms with Crippen LogP contribution in [0.4, 0.5) is 0 Å². The Morgan fingerprint density at radius 2 is 1.69 bits per heavy atom. The SMILES string of the molecule is CCCCc1cc2c(cc1-c1ncnc3ncn(Cc4ccccc4)c13)CC(C(C)=O)(C(C)=O)C2. The van der Waals surface area contributed by atoms with Crippen molar-refractivity contribution in [3.05, 3.63) is 77.4 Å². The number of hydrogen-bond acceptors (Lipinski definition) is 5. The van der Waals surface area contributed by atoms with Gasteiger partial charge in [0.2, 0.25) is 0 Å². The number of carbonyl (C=O) groups is 2. The third kappa shape index (κ3) is 4.07. The molecule has 2 aromatic heterocycles. The molecule has 0 spiro atoms. The van der Waals surface area contributed by atoms with Crippen molar-refractivity contribution >= 4 is 22.7 Å². The second-order valence-corrected chi connectivity index (χ2v) is 9.68. The molecule has 0 atom stereocenters. The molecule has 0 amide bonds. The molecule has 2 heterocycles. The molecule has 1 aliphatic carbocycles. The number of aryl methyl sites for hydroxylation is 1. The highest BCUT2D eigenvalue weighted by Crippen LogP contribution is 2.42. The topological polar surface area (TPSA) is 77.7 Å². The number of carbonyl (C=O) groups excluding carboxylic acids is 2. The van der Waals surface area contributed by atoms with E-state index in [4.69, 9.17) is 4.98 Å². The van der Waals surface area contributed by atoms with Crippen molar-refractivity contribution < 1.29 is 9.59 Å². The van der Waals surface area contributed by atoms with Crippen molar-refractivity contribution in [2.45, 2.75) is 59.4 Å². The van der Waals surface area contributed by atoms with Gasteiger partial charge in [-0.05, 0) is 67.9 Å². The first-order valence-electron chi connectivity index (χ1n) is 12.3. The molecule has 178 valence electrons. The molecule has 5 rings (SSSR count). The Bertz CT molecular complexity index is 1410. The molecule has 0 aliphatic heterocycles. The van der Waals surface area contributed by atoms with Crippen molar-refractivity contribution in [3.8, 4) is 11.3 Å². The minimum Gasteiger partial charge on any atom is -0.323 e. The van der Waals surface area contributed by atoms with Gasteiger partial charge in [-0.15, -0.1) is 0 Å². The molecule has 0 unspecified atom stereocenters. The fourth-order valence-electron chi connectivity index (χ4n) is 5.33. The second-order valence-electron chi connectivity index (χ2n) is 9.68. The van der Waals surface area contributed by atoms with Crippen LogP contribution in [0, 0.1) is 5.41 Å². The molecule has 0 fully saturated rings. The highest BCUT2D eigenvalue weighted by Gasteiger charge is 2.45. The number of Topliss-reactive ketones (excluding diaryl/α,β-unsaturated/α-hetero) is 2. The third-order valence-electron chi connectivity index (χ3n) is 7.42. The average molecular weight is 467 g/mol. The smallest absolute Gasteiger partial charge is 0.181 e. The number of fused-ring (bicyclic) bond motifs is 2. The number of hydrogen-bond donors (Lipinski definition) is 0. The summed E-state index contributed by atoms with van der Waals surface area (Å²) in [6.45, 7) is 5.94. The Balaban J connectivity index is 1.66. The van der Waals surface area contributed by atoms with Crippen LogP contribution in [0.15, 0.2) is 55.1 Å². The number of benzene rings is 2. The second kappa shape index (κ2) is 9.17. The van der Waals surface area contributed by atoms with Gasteiger partial charge in [0.25, 0.3) is 0 Å². The van der Waals surface area contributed by atoms with E-state index in [2.05, 4.69) is 45.7 Å². The first-order chi connectivity index (χ1) is 16.9. The Kier molecular flexibility index (Phi) is 6.05. The first kappa shape index (κ1) is 23.1. The molecular formula is C29H30N4O2. The monoisotopic (exact) mass is 466 g/mol. The maximum absolute atomic E-state index is 12.6. The zero-order valence-corrected chi connectivity index (χ0v) is 20.5. The molecule has 1 aliphatic rings. The minimum absolute atomic E-state index is 0.0526. The lowest BCUT2D eigenvalue weighted by atomic mass is 9.77. The van der Waals surface area contributed by atoms with Crippen LogP contribution < -0.4 is 0 Å². The predicted octanol–water partition coefficient (Wildman–Crippen LogP) is 5.15. The summed E-state index contributed by atoms with van der Waals surface area (Å²) in [4.78, 5) is 38.9. The summed E-state index contributed by atoms with van der Waals surface area (Å²) in [5.74, 6) is -0.105. The summed E-state index contributed by atoms with van der Waals surface area (Å²) >= 11 is 0. The quantitative estimate of drug-likeness (QED) is 0.336. The van der Waals surface area contributed by atoms with Crippen molar-refractivity contribution in [2.24, 2.45) is 5.41 Å². The maximum Gasteiger partial charge on any atom is 0.181 e. The van der Waals surface area contributed by atoms with Gasteiger partial charge in [-0.2, -0.15) is 0 Å². The molecule has 4 aromatic rings. The van der Waals surface area contributed by atoms with Crippen LogP contribution in [0.2, 0.25) is 0 Å². The highest BCUT2D eigenvalue weighted by atomic mass is 16.2. The van der Waals surface area contributed by atoms with Gasteiger partial charge in [0.15, 0.2) is 5.65 Å². The minimum atomic E-state index is -0.945. The van der Waals surface area contributed by atoms with Gasteiger partial charge in [-0.3, -0.25) is 9.59 Å². The van der Waals surface area contributed by atoms with E-state index in [1.807, 2.05) is 24.5 Å². The van der Waals surface area contributed by atoms with Crippen LogP contribution >= 0.6 is 0 Å². The van der Waals surface area contributed by atoms with Crippen LogP contribution in [0.25, 0.3) is 22.4 Å². The third-order valence-corrected chi connectivity index (χ3v) is 7.42.